The highest BCUT2D eigenvalue weighted by molar-refractivity contribution is 5.78. The van der Waals surface area contributed by atoms with Crippen molar-refractivity contribution in [1.29, 1.82) is 0 Å². The molecule has 0 aliphatic carbocycles. The van der Waals surface area contributed by atoms with Gasteiger partial charge in [-0.2, -0.15) is 0 Å². The summed E-state index contributed by atoms with van der Waals surface area (Å²) in [5, 5.41) is 12.3. The Morgan fingerprint density at radius 2 is 2.06 bits per heavy atom. The fourth-order valence-electron chi connectivity index (χ4n) is 1.60. The van der Waals surface area contributed by atoms with Gasteiger partial charge >= 0.3 is 0 Å². The Balaban J connectivity index is 2.39. The molecular weight excluding hydrogens is 232 g/mol. The molecule has 1 aromatic rings. The Morgan fingerprint density at radius 3 is 2.56 bits per heavy atom. The highest BCUT2D eigenvalue weighted by Crippen LogP contribution is 2.12. The molecule has 0 fully saturated rings. The first-order valence-electron chi connectivity index (χ1n) is 5.86. The zero-order valence-electron chi connectivity index (χ0n) is 10.7. The smallest absolute Gasteiger partial charge is 0.247 e. The van der Waals surface area contributed by atoms with Crippen molar-refractivity contribution < 1.29 is 14.6 Å². The van der Waals surface area contributed by atoms with E-state index >= 15 is 0 Å². The van der Waals surface area contributed by atoms with Gasteiger partial charge in [-0.3, -0.25) is 4.79 Å². The number of nitrogens with one attached hydrogen (secondary N) is 1. The molecule has 0 bridgehead atoms. The van der Waals surface area contributed by atoms with Crippen LogP contribution in [0, 0.1) is 0 Å². The number of carbonyl (C=O) groups is 1. The molecule has 5 nitrogen and oxygen atoms in total. The third-order valence-electron chi connectivity index (χ3n) is 2.69. The number of aliphatic hydroxyl groups is 1. The summed E-state index contributed by atoms with van der Waals surface area (Å²) in [5.41, 5.74) is 6.12. The number of hydrogen-bond acceptors (Lipinski definition) is 4. The summed E-state index contributed by atoms with van der Waals surface area (Å²) in [7, 11) is 1.63. The SMILES string of the molecule is COc1ccc(CC(C)NCC(O)C(N)=O)cc1. The van der Waals surface area contributed by atoms with E-state index in [-0.39, 0.29) is 12.6 Å². The number of ether oxygens (including phenoxy) is 1. The summed E-state index contributed by atoms with van der Waals surface area (Å²) in [6.07, 6.45) is -0.335. The third kappa shape index (κ3) is 4.73. The van der Waals surface area contributed by atoms with E-state index in [1.54, 1.807) is 7.11 Å². The first-order valence-corrected chi connectivity index (χ1v) is 5.86. The zero-order valence-corrected chi connectivity index (χ0v) is 10.7. The summed E-state index contributed by atoms with van der Waals surface area (Å²) in [6.45, 7) is 2.16. The van der Waals surface area contributed by atoms with Gasteiger partial charge in [-0.15, -0.1) is 0 Å². The molecule has 0 aliphatic rings. The first-order chi connectivity index (χ1) is 8.52. The van der Waals surface area contributed by atoms with Crippen LogP contribution in [0.2, 0.25) is 0 Å². The Hall–Kier alpha value is -1.59. The van der Waals surface area contributed by atoms with Crippen molar-refractivity contribution in [3.05, 3.63) is 29.8 Å². The monoisotopic (exact) mass is 252 g/mol. The number of rotatable bonds is 7. The fourth-order valence-corrected chi connectivity index (χ4v) is 1.60. The van der Waals surface area contributed by atoms with Gasteiger partial charge in [0, 0.05) is 12.6 Å². The minimum Gasteiger partial charge on any atom is -0.497 e. The summed E-state index contributed by atoms with van der Waals surface area (Å²) in [6, 6.07) is 7.93. The van der Waals surface area contributed by atoms with E-state index in [0.717, 1.165) is 17.7 Å². The lowest BCUT2D eigenvalue weighted by molar-refractivity contribution is -0.125. The van der Waals surface area contributed by atoms with Crippen molar-refractivity contribution in [3.8, 4) is 5.75 Å². The van der Waals surface area contributed by atoms with E-state index in [9.17, 15) is 9.90 Å². The molecule has 0 heterocycles. The summed E-state index contributed by atoms with van der Waals surface area (Å²) in [5.74, 6) is 0.114. The molecule has 18 heavy (non-hydrogen) atoms. The minimum absolute atomic E-state index is 0.146. The Kier molecular flexibility index (Phi) is 5.61. The van der Waals surface area contributed by atoms with Crippen LogP contribution in [-0.4, -0.2) is 36.8 Å². The molecular formula is C13H20N2O3. The first kappa shape index (κ1) is 14.5. The fraction of sp³-hybridized carbons (Fsp3) is 0.462. The molecule has 5 heteroatoms. The number of aliphatic hydroxyl groups excluding tert-OH is 1. The summed E-state index contributed by atoms with van der Waals surface area (Å²) < 4.78 is 5.08. The molecule has 0 aromatic heterocycles. The van der Waals surface area contributed by atoms with Gasteiger partial charge in [-0.05, 0) is 31.0 Å². The number of methoxy groups -OCH3 is 1. The van der Waals surface area contributed by atoms with Crippen LogP contribution in [0.15, 0.2) is 24.3 Å². The minimum atomic E-state index is -1.14. The van der Waals surface area contributed by atoms with Crippen molar-refractivity contribution in [2.24, 2.45) is 5.73 Å². The quantitative estimate of drug-likeness (QED) is 0.641. The lowest BCUT2D eigenvalue weighted by atomic mass is 10.1. The van der Waals surface area contributed by atoms with Crippen molar-refractivity contribution in [2.75, 3.05) is 13.7 Å². The molecule has 0 radical (unpaired) electrons. The molecule has 1 amide bonds. The molecule has 2 atom stereocenters. The van der Waals surface area contributed by atoms with Gasteiger partial charge in [-0.1, -0.05) is 12.1 Å². The highest BCUT2D eigenvalue weighted by atomic mass is 16.5. The molecule has 0 saturated carbocycles. The Bertz CT molecular complexity index is 378. The number of benzene rings is 1. The van der Waals surface area contributed by atoms with Crippen LogP contribution in [0.25, 0.3) is 0 Å². The molecule has 2 unspecified atom stereocenters. The van der Waals surface area contributed by atoms with E-state index < -0.39 is 12.0 Å². The normalized spacial score (nSPS) is 13.9. The van der Waals surface area contributed by atoms with Crippen molar-refractivity contribution >= 4 is 5.91 Å². The zero-order chi connectivity index (χ0) is 13.5. The van der Waals surface area contributed by atoms with Gasteiger partial charge < -0.3 is 20.9 Å². The molecule has 0 saturated heterocycles. The van der Waals surface area contributed by atoms with Gasteiger partial charge in [-0.25, -0.2) is 0 Å². The van der Waals surface area contributed by atoms with Gasteiger partial charge in [0.05, 0.1) is 7.11 Å². The topological polar surface area (TPSA) is 84.6 Å². The van der Waals surface area contributed by atoms with Crippen molar-refractivity contribution in [3.63, 3.8) is 0 Å². The number of carbonyl (C=O) groups excluding carboxylic acids is 1. The Labute approximate surface area is 107 Å². The second-order valence-electron chi connectivity index (χ2n) is 4.28. The maximum Gasteiger partial charge on any atom is 0.247 e. The summed E-state index contributed by atoms with van der Waals surface area (Å²) in [4.78, 5) is 10.7. The average molecular weight is 252 g/mol. The van der Waals surface area contributed by atoms with Crippen molar-refractivity contribution in [1.82, 2.24) is 5.32 Å². The van der Waals surface area contributed by atoms with Crippen LogP contribution in [0.1, 0.15) is 12.5 Å². The van der Waals surface area contributed by atoms with Crippen LogP contribution in [-0.2, 0) is 11.2 Å². The van der Waals surface area contributed by atoms with E-state index in [2.05, 4.69) is 5.32 Å². The molecule has 1 rings (SSSR count). The Morgan fingerprint density at radius 1 is 1.44 bits per heavy atom. The van der Waals surface area contributed by atoms with Crippen LogP contribution < -0.4 is 15.8 Å². The van der Waals surface area contributed by atoms with Crippen LogP contribution in [0.5, 0.6) is 5.75 Å². The maximum absolute atomic E-state index is 10.7. The molecule has 0 aliphatic heterocycles. The lowest BCUT2D eigenvalue weighted by Crippen LogP contribution is -2.41. The number of nitrogens with two attached hydrogens (primary N) is 1. The molecule has 1 aromatic carbocycles. The predicted molar refractivity (Wildman–Crippen MR) is 69.4 cm³/mol. The van der Waals surface area contributed by atoms with E-state index in [1.807, 2.05) is 31.2 Å². The number of hydrogen-bond donors (Lipinski definition) is 3. The van der Waals surface area contributed by atoms with Crippen LogP contribution >= 0.6 is 0 Å². The largest absolute Gasteiger partial charge is 0.497 e. The van der Waals surface area contributed by atoms with Crippen LogP contribution in [0.3, 0.4) is 0 Å². The van der Waals surface area contributed by atoms with Gasteiger partial charge in [0.25, 0.3) is 0 Å². The second kappa shape index (κ2) is 6.98. The van der Waals surface area contributed by atoms with Gasteiger partial charge in [0.15, 0.2) is 0 Å². The van der Waals surface area contributed by atoms with Crippen LogP contribution in [0.4, 0.5) is 0 Å². The third-order valence-corrected chi connectivity index (χ3v) is 2.69. The maximum atomic E-state index is 10.7. The number of primary amides is 1. The highest BCUT2D eigenvalue weighted by Gasteiger charge is 2.12. The van der Waals surface area contributed by atoms with E-state index in [1.165, 1.54) is 0 Å². The van der Waals surface area contributed by atoms with Gasteiger partial charge in [0.1, 0.15) is 11.9 Å². The van der Waals surface area contributed by atoms with Gasteiger partial charge in [0.2, 0.25) is 5.91 Å². The standard InChI is InChI=1S/C13H20N2O3/c1-9(15-8-12(16)13(14)17)7-10-3-5-11(18-2)6-4-10/h3-6,9,12,15-16H,7-8H2,1-2H3,(H2,14,17). The summed E-state index contributed by atoms with van der Waals surface area (Å²) >= 11 is 0. The lowest BCUT2D eigenvalue weighted by Gasteiger charge is -2.15. The number of amides is 1. The molecule has 100 valence electrons. The van der Waals surface area contributed by atoms with E-state index in [4.69, 9.17) is 10.5 Å². The second-order valence-corrected chi connectivity index (χ2v) is 4.28. The molecule has 4 N–H and O–H groups in total. The predicted octanol–water partition coefficient (Wildman–Crippen LogP) is 0.0620. The average Bonchev–Trinajstić information content (AvgIpc) is 2.36. The van der Waals surface area contributed by atoms with Crippen molar-refractivity contribution in [2.45, 2.75) is 25.5 Å². The van der Waals surface area contributed by atoms with E-state index in [0.29, 0.717) is 0 Å². The molecule has 0 spiro atoms.